The molecule has 4 aromatic rings. The van der Waals surface area contributed by atoms with E-state index in [0.29, 0.717) is 5.95 Å². The van der Waals surface area contributed by atoms with Crippen molar-refractivity contribution < 1.29 is 4.74 Å². The third-order valence-electron chi connectivity index (χ3n) is 5.62. The van der Waals surface area contributed by atoms with Crippen molar-refractivity contribution in [2.24, 2.45) is 0 Å². The molecule has 0 radical (unpaired) electrons. The lowest BCUT2D eigenvalue weighted by Crippen LogP contribution is -2.44. The van der Waals surface area contributed by atoms with Gasteiger partial charge in [0, 0.05) is 31.1 Å². The van der Waals surface area contributed by atoms with Crippen LogP contribution in [0.5, 0.6) is 5.75 Å². The summed E-state index contributed by atoms with van der Waals surface area (Å²) in [5.41, 5.74) is 3.15. The van der Waals surface area contributed by atoms with Crippen molar-refractivity contribution in [1.29, 1.82) is 0 Å². The number of hydrogen-bond acceptors (Lipinski definition) is 7. The van der Waals surface area contributed by atoms with E-state index in [1.54, 1.807) is 18.9 Å². The van der Waals surface area contributed by atoms with Crippen LogP contribution in [0.25, 0.3) is 5.52 Å². The first-order chi connectivity index (χ1) is 15.7. The largest absolute Gasteiger partial charge is 0.497 e. The fraction of sp³-hybridized carbons (Fsp3) is 0.250. The Bertz CT molecular complexity index is 1220. The Morgan fingerprint density at radius 1 is 0.969 bits per heavy atom. The lowest BCUT2D eigenvalue weighted by Gasteiger charge is -2.35. The fourth-order valence-electron chi connectivity index (χ4n) is 3.82. The quantitative estimate of drug-likeness (QED) is 0.472. The van der Waals surface area contributed by atoms with Crippen LogP contribution in [0.2, 0.25) is 0 Å². The topological polar surface area (TPSA) is 57.9 Å². The average Bonchev–Trinajstić information content (AvgIpc) is 3.22. The Balaban J connectivity index is 1.41. The first-order valence-corrected chi connectivity index (χ1v) is 11.5. The van der Waals surface area contributed by atoms with E-state index in [4.69, 9.17) is 9.84 Å². The fourth-order valence-corrected chi connectivity index (χ4v) is 4.75. The highest BCUT2D eigenvalue weighted by Crippen LogP contribution is 2.32. The minimum Gasteiger partial charge on any atom is -0.497 e. The molecule has 32 heavy (non-hydrogen) atoms. The van der Waals surface area contributed by atoms with Crippen LogP contribution in [0, 0.1) is 0 Å². The summed E-state index contributed by atoms with van der Waals surface area (Å²) in [5.74, 6) is 1.41. The van der Waals surface area contributed by atoms with Gasteiger partial charge < -0.3 is 19.9 Å². The van der Waals surface area contributed by atoms with Crippen LogP contribution >= 0.6 is 11.8 Å². The normalized spacial score (nSPS) is 14.6. The third kappa shape index (κ3) is 4.37. The van der Waals surface area contributed by atoms with Crippen molar-refractivity contribution in [2.45, 2.75) is 9.92 Å². The number of likely N-dealkylation sites (N-methyl/N-ethyl adjacent to an activating group) is 1. The van der Waals surface area contributed by atoms with E-state index in [1.165, 1.54) is 5.69 Å². The summed E-state index contributed by atoms with van der Waals surface area (Å²) >= 11 is 1.65. The number of ether oxygens (including phenoxy) is 1. The van der Waals surface area contributed by atoms with Gasteiger partial charge in [-0.3, -0.25) is 0 Å². The number of anilines is 3. The third-order valence-corrected chi connectivity index (χ3v) is 6.63. The van der Waals surface area contributed by atoms with E-state index in [0.717, 1.165) is 53.1 Å². The number of benzene rings is 2. The predicted molar refractivity (Wildman–Crippen MR) is 130 cm³/mol. The van der Waals surface area contributed by atoms with Crippen LogP contribution in [-0.4, -0.2) is 59.8 Å². The number of methoxy groups -OCH3 is 1. The highest BCUT2D eigenvalue weighted by Gasteiger charge is 2.17. The molecule has 1 saturated heterocycles. The number of hydrogen-bond donors (Lipinski definition) is 1. The molecule has 0 amide bonds. The van der Waals surface area contributed by atoms with Crippen LogP contribution in [0.1, 0.15) is 0 Å². The highest BCUT2D eigenvalue weighted by atomic mass is 32.2. The lowest BCUT2D eigenvalue weighted by atomic mass is 10.2. The summed E-state index contributed by atoms with van der Waals surface area (Å²) in [5, 5.41) is 9.25. The monoisotopic (exact) mass is 446 g/mol. The number of aromatic nitrogens is 3. The molecule has 5 rings (SSSR count). The number of nitrogens with one attached hydrogen (secondary N) is 1. The number of piperazine rings is 1. The zero-order valence-corrected chi connectivity index (χ0v) is 19.0. The summed E-state index contributed by atoms with van der Waals surface area (Å²) < 4.78 is 7.28. The predicted octanol–water partition coefficient (Wildman–Crippen LogP) is 4.38. The van der Waals surface area contributed by atoms with Crippen molar-refractivity contribution in [2.75, 3.05) is 50.6 Å². The molecule has 2 aromatic carbocycles. The van der Waals surface area contributed by atoms with Gasteiger partial charge in [0.15, 0.2) is 0 Å². The highest BCUT2D eigenvalue weighted by molar-refractivity contribution is 7.99. The van der Waals surface area contributed by atoms with Gasteiger partial charge in [-0.05, 0) is 49.5 Å². The van der Waals surface area contributed by atoms with Gasteiger partial charge in [-0.25, -0.2) is 9.50 Å². The van der Waals surface area contributed by atoms with Gasteiger partial charge in [0.1, 0.15) is 10.8 Å². The molecule has 1 aliphatic rings. The summed E-state index contributed by atoms with van der Waals surface area (Å²) in [6, 6.07) is 20.5. The lowest BCUT2D eigenvalue weighted by molar-refractivity contribution is 0.313. The van der Waals surface area contributed by atoms with Crippen molar-refractivity contribution in [3.05, 3.63) is 66.9 Å². The van der Waals surface area contributed by atoms with Crippen molar-refractivity contribution in [1.82, 2.24) is 19.5 Å². The van der Waals surface area contributed by atoms with Crippen LogP contribution in [0.3, 0.4) is 0 Å². The van der Waals surface area contributed by atoms with Gasteiger partial charge in [-0.15, -0.1) is 5.10 Å². The molecule has 0 aliphatic carbocycles. The minimum atomic E-state index is 0.572. The summed E-state index contributed by atoms with van der Waals surface area (Å²) in [6.07, 6.45) is 1.85. The van der Waals surface area contributed by atoms with Gasteiger partial charge >= 0.3 is 0 Å². The molecular formula is C24H26N6OS. The summed E-state index contributed by atoms with van der Waals surface area (Å²) in [6.45, 7) is 4.14. The van der Waals surface area contributed by atoms with Gasteiger partial charge in [0.2, 0.25) is 5.95 Å². The minimum absolute atomic E-state index is 0.572. The summed E-state index contributed by atoms with van der Waals surface area (Å²) in [4.78, 5) is 10.4. The molecule has 3 heterocycles. The first-order valence-electron chi connectivity index (χ1n) is 10.7. The van der Waals surface area contributed by atoms with Gasteiger partial charge in [0.05, 0.1) is 30.2 Å². The Morgan fingerprint density at radius 2 is 1.81 bits per heavy atom. The zero-order valence-electron chi connectivity index (χ0n) is 18.2. The van der Waals surface area contributed by atoms with E-state index in [9.17, 15) is 0 Å². The van der Waals surface area contributed by atoms with Crippen LogP contribution in [0.4, 0.5) is 17.3 Å². The van der Waals surface area contributed by atoms with Crippen LogP contribution in [-0.2, 0) is 0 Å². The second kappa shape index (κ2) is 9.10. The molecule has 0 bridgehead atoms. The van der Waals surface area contributed by atoms with E-state index >= 15 is 0 Å². The smallest absolute Gasteiger partial charge is 0.245 e. The summed E-state index contributed by atoms with van der Waals surface area (Å²) in [7, 11) is 3.85. The molecule has 1 fully saturated rings. The molecule has 0 spiro atoms. The number of nitrogens with zero attached hydrogens (tertiary/aromatic N) is 5. The second-order valence-electron chi connectivity index (χ2n) is 7.80. The maximum Gasteiger partial charge on any atom is 0.245 e. The zero-order chi connectivity index (χ0) is 21.9. The molecule has 164 valence electrons. The number of para-hydroxylation sites is 2. The van der Waals surface area contributed by atoms with Gasteiger partial charge in [0.25, 0.3) is 0 Å². The molecule has 0 saturated carbocycles. The Labute approximate surface area is 192 Å². The Hall–Kier alpha value is -3.23. The number of rotatable bonds is 6. The van der Waals surface area contributed by atoms with E-state index in [1.807, 2.05) is 41.0 Å². The van der Waals surface area contributed by atoms with E-state index in [-0.39, 0.29) is 0 Å². The molecule has 0 atom stereocenters. The van der Waals surface area contributed by atoms with Crippen molar-refractivity contribution in [3.63, 3.8) is 0 Å². The average molecular weight is 447 g/mol. The maximum atomic E-state index is 5.35. The Kier molecular flexibility index (Phi) is 5.87. The first kappa shape index (κ1) is 20.7. The Morgan fingerprint density at radius 3 is 2.66 bits per heavy atom. The van der Waals surface area contributed by atoms with Crippen LogP contribution in [0.15, 0.2) is 76.8 Å². The molecule has 0 unspecified atom stereocenters. The van der Waals surface area contributed by atoms with Gasteiger partial charge in [-0.1, -0.05) is 30.0 Å². The van der Waals surface area contributed by atoms with Crippen molar-refractivity contribution >= 4 is 34.6 Å². The molecule has 1 N–H and O–H groups in total. The van der Waals surface area contributed by atoms with Crippen LogP contribution < -0.4 is 15.0 Å². The second-order valence-corrected chi connectivity index (χ2v) is 8.90. The molecular weight excluding hydrogens is 420 g/mol. The van der Waals surface area contributed by atoms with Gasteiger partial charge in [-0.2, -0.15) is 0 Å². The number of fused-ring (bicyclic) bond motifs is 1. The molecule has 7 nitrogen and oxygen atoms in total. The molecule has 2 aromatic heterocycles. The molecule has 1 aliphatic heterocycles. The van der Waals surface area contributed by atoms with E-state index in [2.05, 4.69) is 57.5 Å². The van der Waals surface area contributed by atoms with Crippen molar-refractivity contribution in [3.8, 4) is 5.75 Å². The maximum absolute atomic E-state index is 5.35. The standard InChI is InChI=1S/C24H26N6OS/c1-28-12-14-29(15-13-28)22-9-4-3-8-21(22)26-24-25-17-18-10-11-23(30(18)27-24)32-20-7-5-6-19(16-20)31-2/h3-11,16-17H,12-15H2,1-2H3,(H,26,27). The SMILES string of the molecule is COc1cccc(Sc2ccc3cnc(Nc4ccccc4N4CCN(C)CC4)nn23)c1. The molecule has 8 heteroatoms. The van der Waals surface area contributed by atoms with E-state index < -0.39 is 0 Å².